The summed E-state index contributed by atoms with van der Waals surface area (Å²) in [5, 5.41) is 4.68. The number of thiophene rings is 1. The van der Waals surface area contributed by atoms with Gasteiger partial charge in [0.1, 0.15) is 4.21 Å². The summed E-state index contributed by atoms with van der Waals surface area (Å²) in [4.78, 5) is 14.4. The van der Waals surface area contributed by atoms with Crippen LogP contribution in [0.4, 0.5) is 5.69 Å². The van der Waals surface area contributed by atoms with Gasteiger partial charge >= 0.3 is 0 Å². The smallest absolute Gasteiger partial charge is 0.271 e. The van der Waals surface area contributed by atoms with E-state index in [4.69, 9.17) is 0 Å². The Morgan fingerprint density at radius 3 is 2.30 bits per heavy atom. The average molecular weight is 444 g/mol. The molecule has 0 fully saturated rings. The third kappa shape index (κ3) is 6.16. The van der Waals surface area contributed by atoms with Crippen molar-refractivity contribution in [2.75, 3.05) is 18.8 Å². The highest BCUT2D eigenvalue weighted by Gasteiger charge is 2.15. The highest BCUT2D eigenvalue weighted by molar-refractivity contribution is 7.94. The van der Waals surface area contributed by atoms with Crippen LogP contribution in [0.5, 0.6) is 0 Å². The minimum absolute atomic E-state index is 0.0819. The molecule has 0 aliphatic heterocycles. The third-order valence-corrected chi connectivity index (χ3v) is 7.19. The molecular weight excluding hydrogens is 418 g/mol. The predicted octanol–water partition coefficient (Wildman–Crippen LogP) is 3.47. The molecule has 0 aliphatic rings. The Morgan fingerprint density at radius 1 is 0.967 bits per heavy atom. The first-order valence-electron chi connectivity index (χ1n) is 9.47. The molecule has 2 aromatic carbocycles. The molecule has 0 saturated carbocycles. The predicted molar refractivity (Wildman–Crippen MR) is 121 cm³/mol. The largest absolute Gasteiger partial charge is 0.352 e. The number of rotatable bonds is 9. The van der Waals surface area contributed by atoms with E-state index in [1.165, 1.54) is 5.56 Å². The van der Waals surface area contributed by atoms with Gasteiger partial charge in [-0.15, -0.1) is 11.3 Å². The van der Waals surface area contributed by atoms with Gasteiger partial charge < -0.3 is 10.2 Å². The van der Waals surface area contributed by atoms with Crippen molar-refractivity contribution in [1.29, 1.82) is 0 Å². The third-order valence-electron chi connectivity index (χ3n) is 4.41. The molecule has 1 amide bonds. The summed E-state index contributed by atoms with van der Waals surface area (Å²) in [6.07, 6.45) is 0.230. The molecule has 3 rings (SSSR count). The van der Waals surface area contributed by atoms with Gasteiger partial charge in [0.25, 0.3) is 10.0 Å². The van der Waals surface area contributed by atoms with E-state index in [9.17, 15) is 13.2 Å². The average Bonchev–Trinajstić information content (AvgIpc) is 3.24. The summed E-state index contributed by atoms with van der Waals surface area (Å²) in [5.74, 6) is -0.0819. The molecule has 6 nitrogen and oxygen atoms in total. The van der Waals surface area contributed by atoms with Crippen LogP contribution in [0.15, 0.2) is 70.3 Å². The van der Waals surface area contributed by atoms with Gasteiger partial charge in [-0.2, -0.15) is 0 Å². The van der Waals surface area contributed by atoms with E-state index in [0.29, 0.717) is 12.2 Å². The maximum Gasteiger partial charge on any atom is 0.271 e. The molecule has 1 heterocycles. The molecule has 3 aromatic rings. The van der Waals surface area contributed by atoms with Crippen molar-refractivity contribution >= 4 is 33.0 Å². The van der Waals surface area contributed by atoms with Crippen molar-refractivity contribution in [2.45, 2.75) is 23.7 Å². The number of nitrogens with one attached hydrogen (secondary N) is 2. The van der Waals surface area contributed by atoms with Gasteiger partial charge in [-0.05, 0) is 54.4 Å². The molecule has 0 radical (unpaired) electrons. The Balaban J connectivity index is 1.55. The zero-order valence-electron chi connectivity index (χ0n) is 17.0. The van der Waals surface area contributed by atoms with Crippen LogP contribution in [0.2, 0.25) is 0 Å². The number of sulfonamides is 1. The Morgan fingerprint density at radius 2 is 1.67 bits per heavy atom. The molecule has 0 aliphatic carbocycles. The molecule has 0 bridgehead atoms. The fourth-order valence-electron chi connectivity index (χ4n) is 2.98. The molecule has 0 atom stereocenters. The van der Waals surface area contributed by atoms with Crippen molar-refractivity contribution in [3.8, 4) is 0 Å². The minimum Gasteiger partial charge on any atom is -0.352 e. The number of benzene rings is 2. The van der Waals surface area contributed by atoms with Crippen molar-refractivity contribution in [3.63, 3.8) is 0 Å². The van der Waals surface area contributed by atoms with Gasteiger partial charge in [-0.1, -0.05) is 42.5 Å². The molecule has 0 spiro atoms. The zero-order chi connectivity index (χ0) is 21.6. The molecule has 8 heteroatoms. The lowest BCUT2D eigenvalue weighted by Gasteiger charge is -2.14. The van der Waals surface area contributed by atoms with E-state index in [1.54, 1.807) is 41.8 Å². The number of hydrogen-bond acceptors (Lipinski definition) is 5. The summed E-state index contributed by atoms with van der Waals surface area (Å²) in [5.41, 5.74) is 3.56. The van der Waals surface area contributed by atoms with Crippen LogP contribution in [0, 0.1) is 0 Å². The number of anilines is 1. The van der Waals surface area contributed by atoms with Crippen LogP contribution >= 0.6 is 11.3 Å². The van der Waals surface area contributed by atoms with E-state index < -0.39 is 10.0 Å². The standard InChI is InChI=1S/C22H25N3O3S2/c1-25(2)16-19-7-4-3-6-18(19)15-23-21(26)14-17-9-11-20(12-10-17)24-30(27,28)22-8-5-13-29-22/h3-13,24H,14-16H2,1-2H3,(H,23,26). The first-order chi connectivity index (χ1) is 14.3. The number of hydrogen-bond donors (Lipinski definition) is 2. The first-order valence-corrected chi connectivity index (χ1v) is 11.8. The molecule has 158 valence electrons. The van der Waals surface area contributed by atoms with E-state index >= 15 is 0 Å². The van der Waals surface area contributed by atoms with Gasteiger partial charge in [0.2, 0.25) is 5.91 Å². The normalized spacial score (nSPS) is 11.4. The summed E-state index contributed by atoms with van der Waals surface area (Å²) in [6, 6.07) is 18.2. The van der Waals surface area contributed by atoms with E-state index in [2.05, 4.69) is 21.0 Å². The van der Waals surface area contributed by atoms with Crippen molar-refractivity contribution in [3.05, 3.63) is 82.7 Å². The Labute approximate surface area is 181 Å². The van der Waals surface area contributed by atoms with Crippen molar-refractivity contribution in [2.24, 2.45) is 0 Å². The SMILES string of the molecule is CN(C)Cc1ccccc1CNC(=O)Cc1ccc(NS(=O)(=O)c2cccs2)cc1. The van der Waals surface area contributed by atoms with Crippen LogP contribution in [0.25, 0.3) is 0 Å². The molecule has 0 saturated heterocycles. The number of carbonyl (C=O) groups excluding carboxylic acids is 1. The van der Waals surface area contributed by atoms with Crippen LogP contribution in [-0.2, 0) is 34.3 Å². The quantitative estimate of drug-likeness (QED) is 0.531. The maximum atomic E-state index is 12.4. The van der Waals surface area contributed by atoms with Gasteiger partial charge in [-0.25, -0.2) is 8.42 Å². The Hall–Kier alpha value is -2.68. The zero-order valence-corrected chi connectivity index (χ0v) is 18.6. The lowest BCUT2D eigenvalue weighted by molar-refractivity contribution is -0.120. The minimum atomic E-state index is -3.57. The van der Waals surface area contributed by atoms with Gasteiger partial charge in [-0.3, -0.25) is 9.52 Å². The van der Waals surface area contributed by atoms with Crippen LogP contribution in [-0.4, -0.2) is 33.3 Å². The van der Waals surface area contributed by atoms with Gasteiger partial charge in [0.15, 0.2) is 0 Å². The monoisotopic (exact) mass is 443 g/mol. The van der Waals surface area contributed by atoms with Crippen LogP contribution in [0.1, 0.15) is 16.7 Å². The van der Waals surface area contributed by atoms with Gasteiger partial charge in [0.05, 0.1) is 6.42 Å². The highest BCUT2D eigenvalue weighted by Crippen LogP contribution is 2.20. The van der Waals surface area contributed by atoms with Crippen molar-refractivity contribution in [1.82, 2.24) is 10.2 Å². The summed E-state index contributed by atoms with van der Waals surface area (Å²) < 4.78 is 27.4. The lowest BCUT2D eigenvalue weighted by Crippen LogP contribution is -2.25. The second-order valence-electron chi connectivity index (χ2n) is 7.19. The maximum absolute atomic E-state index is 12.4. The summed E-state index contributed by atoms with van der Waals surface area (Å²) in [6.45, 7) is 1.29. The lowest BCUT2D eigenvalue weighted by atomic mass is 10.1. The Bertz CT molecular complexity index is 1080. The topological polar surface area (TPSA) is 78.5 Å². The number of nitrogens with zero attached hydrogens (tertiary/aromatic N) is 1. The van der Waals surface area contributed by atoms with E-state index in [1.807, 2.05) is 32.3 Å². The molecular formula is C22H25N3O3S2. The van der Waals surface area contributed by atoms with Crippen LogP contribution < -0.4 is 10.0 Å². The second kappa shape index (κ2) is 9.88. The second-order valence-corrected chi connectivity index (χ2v) is 10.1. The van der Waals surface area contributed by atoms with E-state index in [0.717, 1.165) is 29.0 Å². The fraction of sp³-hybridized carbons (Fsp3) is 0.227. The molecule has 0 unspecified atom stereocenters. The van der Waals surface area contributed by atoms with Crippen molar-refractivity contribution < 1.29 is 13.2 Å². The molecule has 30 heavy (non-hydrogen) atoms. The summed E-state index contributed by atoms with van der Waals surface area (Å²) >= 11 is 1.16. The fourth-order valence-corrected chi connectivity index (χ4v) is 5.03. The molecule has 1 aromatic heterocycles. The van der Waals surface area contributed by atoms with Crippen LogP contribution in [0.3, 0.4) is 0 Å². The van der Waals surface area contributed by atoms with Gasteiger partial charge in [0, 0.05) is 18.8 Å². The summed E-state index contributed by atoms with van der Waals surface area (Å²) in [7, 11) is 0.455. The molecule has 2 N–H and O–H groups in total. The Kier molecular flexibility index (Phi) is 7.25. The van der Waals surface area contributed by atoms with E-state index in [-0.39, 0.29) is 16.5 Å². The number of amides is 1. The number of carbonyl (C=O) groups is 1. The highest BCUT2D eigenvalue weighted by atomic mass is 32.2. The first kappa shape index (κ1) is 22.0.